The number of aliphatic hydroxyl groups excluding tert-OH is 1. The lowest BCUT2D eigenvalue weighted by molar-refractivity contribution is -0.166. The maximum Gasteiger partial charge on any atom is 0.332 e. The largest absolute Gasteiger partial charge is 0.455 e. The molecule has 0 spiro atoms. The van der Waals surface area contributed by atoms with Crippen LogP contribution < -0.4 is 10.2 Å². The van der Waals surface area contributed by atoms with Crippen LogP contribution in [0.3, 0.4) is 0 Å². The monoisotopic (exact) mass is 591 g/mol. The summed E-state index contributed by atoms with van der Waals surface area (Å²) in [6.45, 7) is 4.38. The molecule has 0 radical (unpaired) electrons. The number of nitrogens with one attached hydrogen (secondary N) is 1. The number of rotatable bonds is 11. The zero-order chi connectivity index (χ0) is 30.8. The lowest BCUT2D eigenvalue weighted by Gasteiger charge is -2.40. The first kappa shape index (κ1) is 31.9. The van der Waals surface area contributed by atoms with Crippen LogP contribution in [0.25, 0.3) is 5.65 Å². The molecule has 0 saturated carbocycles. The first-order chi connectivity index (χ1) is 20.8. The van der Waals surface area contributed by atoms with E-state index >= 15 is 0 Å². The summed E-state index contributed by atoms with van der Waals surface area (Å²) in [6, 6.07) is 15.3. The minimum Gasteiger partial charge on any atom is -0.455 e. The Morgan fingerprint density at radius 3 is 2.44 bits per heavy atom. The van der Waals surface area contributed by atoms with Gasteiger partial charge in [-0.25, -0.2) is 9.78 Å². The predicted molar refractivity (Wildman–Crippen MR) is 164 cm³/mol. The van der Waals surface area contributed by atoms with E-state index in [0.29, 0.717) is 13.2 Å². The van der Waals surface area contributed by atoms with Gasteiger partial charge in [-0.3, -0.25) is 4.98 Å². The first-order valence-electron chi connectivity index (χ1n) is 14.2. The fourth-order valence-corrected chi connectivity index (χ4v) is 4.88. The molecule has 0 bridgehead atoms. The zero-order valence-corrected chi connectivity index (χ0v) is 25.4. The van der Waals surface area contributed by atoms with Gasteiger partial charge in [0.1, 0.15) is 12.7 Å². The number of aromatic nitrogens is 3. The van der Waals surface area contributed by atoms with E-state index in [-0.39, 0.29) is 25.9 Å². The van der Waals surface area contributed by atoms with Crippen LogP contribution in [0.1, 0.15) is 34.7 Å². The third-order valence-electron chi connectivity index (χ3n) is 7.18. The van der Waals surface area contributed by atoms with Gasteiger partial charge in [0.15, 0.2) is 11.8 Å². The summed E-state index contributed by atoms with van der Waals surface area (Å²) < 4.78 is 24.6. The standard InChI is InChI=1S/C25H31N3O6.C7H10N2/c1-16-17(2)28-10-9-19-22(25(28)26-16)27-21(18-7-5-4-6-8-18)24(23(19)33-14-13-31-3)34-20(30)15-32-12-11-29;1-9(2)7-3-5-8-6-4-7/h4-10,21,23-24,27,29H,11-15H2,1-3H3;3-6H,1-2H3/t21-,23-,24-;/m1./s1. The molecule has 0 fully saturated rings. The Morgan fingerprint density at radius 1 is 1.05 bits per heavy atom. The van der Waals surface area contributed by atoms with Gasteiger partial charge in [0, 0.05) is 56.7 Å². The number of benzene rings is 1. The normalized spacial score (nSPS) is 17.4. The molecule has 2 N–H and O–H groups in total. The number of anilines is 2. The summed E-state index contributed by atoms with van der Waals surface area (Å²) in [7, 11) is 5.63. The molecule has 1 aromatic carbocycles. The summed E-state index contributed by atoms with van der Waals surface area (Å²) in [5.41, 5.74) is 6.63. The second kappa shape index (κ2) is 15.4. The Balaban J connectivity index is 0.000000403. The number of fused-ring (bicyclic) bond motifs is 3. The highest BCUT2D eigenvalue weighted by Gasteiger charge is 2.42. The van der Waals surface area contributed by atoms with Crippen molar-refractivity contribution < 1.29 is 28.8 Å². The molecule has 4 heterocycles. The van der Waals surface area contributed by atoms with Crippen LogP contribution >= 0.6 is 0 Å². The Morgan fingerprint density at radius 2 is 1.79 bits per heavy atom. The Labute approximate surface area is 252 Å². The Hall–Kier alpha value is -4.03. The predicted octanol–water partition coefficient (Wildman–Crippen LogP) is 3.89. The minimum absolute atomic E-state index is 0.0628. The van der Waals surface area contributed by atoms with E-state index < -0.39 is 18.2 Å². The van der Waals surface area contributed by atoms with Gasteiger partial charge in [-0.1, -0.05) is 30.3 Å². The van der Waals surface area contributed by atoms with Gasteiger partial charge >= 0.3 is 5.97 Å². The van der Waals surface area contributed by atoms with Crippen molar-refractivity contribution in [1.82, 2.24) is 14.4 Å². The number of aryl methyl sites for hydroxylation is 2. The molecule has 0 aliphatic carbocycles. The summed E-state index contributed by atoms with van der Waals surface area (Å²) in [6.07, 6.45) is 4.31. The number of ether oxygens (including phenoxy) is 4. The van der Waals surface area contributed by atoms with E-state index in [2.05, 4.69) is 10.3 Å². The number of carbonyl (C=O) groups excluding carboxylic acids is 1. The van der Waals surface area contributed by atoms with Crippen molar-refractivity contribution in [3.63, 3.8) is 0 Å². The van der Waals surface area contributed by atoms with Gasteiger partial charge in [-0.15, -0.1) is 0 Å². The number of hydrogen-bond donors (Lipinski definition) is 2. The van der Waals surface area contributed by atoms with Crippen LogP contribution in [0.2, 0.25) is 0 Å². The number of nitrogens with zero attached hydrogens (tertiary/aromatic N) is 4. The highest BCUT2D eigenvalue weighted by atomic mass is 16.6. The van der Waals surface area contributed by atoms with Crippen molar-refractivity contribution in [2.75, 3.05) is 64.5 Å². The Bertz CT molecular complexity index is 1450. The number of esters is 1. The molecule has 1 aliphatic rings. The number of methoxy groups -OCH3 is 1. The maximum atomic E-state index is 12.7. The SMILES string of the molecule is CN(C)c1ccncc1.COCCO[C@@H]1c2ccn3c(C)c(C)nc3c2N[C@H](c2ccccc2)[C@H]1OC(=O)COCCO. The average Bonchev–Trinajstić information content (AvgIpc) is 3.32. The smallest absolute Gasteiger partial charge is 0.332 e. The van der Waals surface area contributed by atoms with Crippen molar-refractivity contribution in [3.05, 3.63) is 89.6 Å². The van der Waals surface area contributed by atoms with Crippen molar-refractivity contribution in [2.45, 2.75) is 32.1 Å². The first-order valence-corrected chi connectivity index (χ1v) is 14.2. The lowest BCUT2D eigenvalue weighted by atomic mass is 9.88. The number of carbonyl (C=O) groups is 1. The quantitative estimate of drug-likeness (QED) is 0.196. The highest BCUT2D eigenvalue weighted by molar-refractivity contribution is 5.76. The van der Waals surface area contributed by atoms with Crippen LogP contribution in [0.4, 0.5) is 11.4 Å². The van der Waals surface area contributed by atoms with Gasteiger partial charge in [-0.2, -0.15) is 0 Å². The van der Waals surface area contributed by atoms with E-state index in [1.807, 2.05) is 92.0 Å². The molecule has 0 unspecified atom stereocenters. The third kappa shape index (κ3) is 7.88. The van der Waals surface area contributed by atoms with Crippen LogP contribution in [0.5, 0.6) is 0 Å². The second-order valence-electron chi connectivity index (χ2n) is 10.3. The fourth-order valence-electron chi connectivity index (χ4n) is 4.88. The number of pyridine rings is 2. The molecule has 230 valence electrons. The molecule has 0 amide bonds. The van der Waals surface area contributed by atoms with Crippen molar-refractivity contribution in [3.8, 4) is 0 Å². The van der Waals surface area contributed by atoms with E-state index in [1.165, 1.54) is 5.69 Å². The summed E-state index contributed by atoms with van der Waals surface area (Å²) in [5.74, 6) is -0.529. The van der Waals surface area contributed by atoms with Gasteiger partial charge in [-0.05, 0) is 37.6 Å². The van der Waals surface area contributed by atoms with Gasteiger partial charge < -0.3 is 38.7 Å². The maximum absolute atomic E-state index is 12.7. The van der Waals surface area contributed by atoms with Crippen LogP contribution in [0.15, 0.2) is 67.1 Å². The number of hydrogen-bond acceptors (Lipinski definition) is 10. The summed E-state index contributed by atoms with van der Waals surface area (Å²) in [5, 5.41) is 12.5. The molecule has 3 atom stereocenters. The van der Waals surface area contributed by atoms with Gasteiger partial charge in [0.2, 0.25) is 0 Å². The minimum atomic E-state index is -0.670. The fraction of sp³-hybridized carbons (Fsp3) is 0.406. The van der Waals surface area contributed by atoms with Crippen LogP contribution in [-0.4, -0.2) is 85.8 Å². The molecule has 3 aromatic heterocycles. The molecule has 4 aromatic rings. The van der Waals surface area contributed by atoms with Gasteiger partial charge in [0.05, 0.1) is 43.9 Å². The zero-order valence-electron chi connectivity index (χ0n) is 25.4. The molecular formula is C32H41N5O6. The lowest BCUT2D eigenvalue weighted by Crippen LogP contribution is -2.41. The molecular weight excluding hydrogens is 550 g/mol. The number of imidazole rings is 1. The van der Waals surface area contributed by atoms with E-state index in [4.69, 9.17) is 29.0 Å². The van der Waals surface area contributed by atoms with Crippen molar-refractivity contribution in [2.24, 2.45) is 0 Å². The summed E-state index contributed by atoms with van der Waals surface area (Å²) in [4.78, 5) is 23.4. The summed E-state index contributed by atoms with van der Waals surface area (Å²) >= 11 is 0. The van der Waals surface area contributed by atoms with Crippen molar-refractivity contribution >= 4 is 23.0 Å². The number of aliphatic hydroxyl groups is 1. The molecule has 5 rings (SSSR count). The molecule has 43 heavy (non-hydrogen) atoms. The average molecular weight is 592 g/mol. The topological polar surface area (TPSA) is 120 Å². The highest BCUT2D eigenvalue weighted by Crippen LogP contribution is 2.44. The van der Waals surface area contributed by atoms with Crippen LogP contribution in [-0.2, 0) is 23.7 Å². The Kier molecular flexibility index (Phi) is 11.5. The van der Waals surface area contributed by atoms with Crippen LogP contribution in [0, 0.1) is 13.8 Å². The van der Waals surface area contributed by atoms with E-state index in [1.54, 1.807) is 19.5 Å². The molecule has 11 heteroatoms. The molecule has 1 aliphatic heterocycles. The van der Waals surface area contributed by atoms with Gasteiger partial charge in [0.25, 0.3) is 0 Å². The third-order valence-corrected chi connectivity index (χ3v) is 7.18. The van der Waals surface area contributed by atoms with E-state index in [0.717, 1.165) is 33.8 Å². The second-order valence-corrected chi connectivity index (χ2v) is 10.3. The molecule has 0 saturated heterocycles. The molecule has 11 nitrogen and oxygen atoms in total. The van der Waals surface area contributed by atoms with E-state index in [9.17, 15) is 4.79 Å². The van der Waals surface area contributed by atoms with Crippen molar-refractivity contribution in [1.29, 1.82) is 0 Å².